The maximum Gasteiger partial charge on any atom is 0.219 e. The van der Waals surface area contributed by atoms with Gasteiger partial charge in [-0.05, 0) is 95.1 Å². The SMILES string of the molecule is C[C@H](Oc1cc(-n2ccc(-c3cn([C@H]4CCOC4)nn3)n2)nc(-c2noc3c2CCC[C@@]32CCc3ccc(N)c(C#N)c32)n1)[C@@H]1CCCN1C. The van der Waals surface area contributed by atoms with Gasteiger partial charge in [0.2, 0.25) is 5.88 Å². The van der Waals surface area contributed by atoms with Gasteiger partial charge < -0.3 is 19.7 Å². The predicted molar refractivity (Wildman–Crippen MR) is 181 cm³/mol. The van der Waals surface area contributed by atoms with Crippen LogP contribution >= 0.6 is 0 Å². The minimum Gasteiger partial charge on any atom is -0.473 e. The number of nitriles is 1. The Hall–Kier alpha value is -5.13. The van der Waals surface area contributed by atoms with E-state index in [1.54, 1.807) is 4.68 Å². The van der Waals surface area contributed by atoms with E-state index in [0.29, 0.717) is 52.5 Å². The fraction of sp³-hybridized carbons (Fsp3) is 0.472. The molecule has 0 radical (unpaired) electrons. The van der Waals surface area contributed by atoms with Crippen LogP contribution in [0.15, 0.2) is 41.2 Å². The highest BCUT2D eigenvalue weighted by Gasteiger charge is 2.49. The van der Waals surface area contributed by atoms with E-state index in [4.69, 9.17) is 34.8 Å². The molecule has 2 saturated heterocycles. The molecule has 2 fully saturated rings. The Morgan fingerprint density at radius 2 is 2.04 bits per heavy atom. The highest BCUT2D eigenvalue weighted by atomic mass is 16.5. The molecular formula is C36H39N11O3. The normalized spacial score (nSPS) is 23.6. The van der Waals surface area contributed by atoms with Gasteiger partial charge in [0.1, 0.15) is 23.6 Å². The van der Waals surface area contributed by atoms with E-state index in [1.165, 1.54) is 0 Å². The van der Waals surface area contributed by atoms with Crippen LogP contribution in [0.5, 0.6) is 5.88 Å². The fourth-order valence-electron chi connectivity index (χ4n) is 8.65. The monoisotopic (exact) mass is 673 g/mol. The second kappa shape index (κ2) is 12.0. The summed E-state index contributed by atoms with van der Waals surface area (Å²) in [6, 6.07) is 10.5. The summed E-state index contributed by atoms with van der Waals surface area (Å²) in [5.41, 5.74) is 11.9. The molecule has 1 aromatic carbocycles. The summed E-state index contributed by atoms with van der Waals surface area (Å²) in [6.45, 7) is 4.49. The maximum absolute atomic E-state index is 10.2. The molecule has 2 N–H and O–H groups in total. The number of fused-ring (bicyclic) bond motifs is 4. The van der Waals surface area contributed by atoms with Gasteiger partial charge in [0, 0.05) is 36.2 Å². The number of hydrogen-bond donors (Lipinski definition) is 1. The van der Waals surface area contributed by atoms with Crippen LogP contribution < -0.4 is 10.5 Å². The molecule has 50 heavy (non-hydrogen) atoms. The maximum atomic E-state index is 10.2. The van der Waals surface area contributed by atoms with Crippen molar-refractivity contribution in [3.05, 3.63) is 64.7 Å². The number of aromatic nitrogens is 8. The van der Waals surface area contributed by atoms with Crippen molar-refractivity contribution in [2.75, 3.05) is 32.5 Å². The van der Waals surface area contributed by atoms with Crippen molar-refractivity contribution in [2.45, 2.75) is 81.9 Å². The summed E-state index contributed by atoms with van der Waals surface area (Å²) in [7, 11) is 2.14. The first kappa shape index (κ1) is 30.9. The summed E-state index contributed by atoms with van der Waals surface area (Å²) in [6.07, 6.45) is 11.0. The topological polar surface area (TPSA) is 172 Å². The van der Waals surface area contributed by atoms with E-state index in [1.807, 2.05) is 41.3 Å². The smallest absolute Gasteiger partial charge is 0.219 e. The molecule has 1 spiro atoms. The molecule has 0 bridgehead atoms. The Morgan fingerprint density at radius 1 is 1.12 bits per heavy atom. The van der Waals surface area contributed by atoms with E-state index in [2.05, 4.69) is 40.4 Å². The Labute approximate surface area is 289 Å². The van der Waals surface area contributed by atoms with E-state index in [0.717, 1.165) is 87.0 Å². The van der Waals surface area contributed by atoms with Gasteiger partial charge in [0.25, 0.3) is 0 Å². The highest BCUT2D eigenvalue weighted by molar-refractivity contribution is 5.68. The molecule has 2 aliphatic heterocycles. The Balaban J connectivity index is 1.11. The summed E-state index contributed by atoms with van der Waals surface area (Å²) in [5, 5.41) is 28.4. The first-order valence-electron chi connectivity index (χ1n) is 17.5. The molecule has 14 nitrogen and oxygen atoms in total. The zero-order valence-corrected chi connectivity index (χ0v) is 28.2. The van der Waals surface area contributed by atoms with E-state index in [-0.39, 0.29) is 18.2 Å². The lowest BCUT2D eigenvalue weighted by atomic mass is 9.68. The molecule has 256 valence electrons. The average Bonchev–Trinajstić information content (AvgIpc) is 3.96. The van der Waals surface area contributed by atoms with Crippen LogP contribution in [-0.4, -0.2) is 83.8 Å². The third-order valence-corrected chi connectivity index (χ3v) is 11.2. The second-order valence-electron chi connectivity index (χ2n) is 14.1. The molecule has 0 saturated carbocycles. The largest absolute Gasteiger partial charge is 0.473 e. The standard InChI is InChI=1S/C36H39N11O3/c1-21(29-6-4-14-45(29)2)49-31-17-30(46-15-10-27(42-46)28-19-47(44-41-28)23-11-16-48-20-23)39-35(40-31)33-24-5-3-12-36(34(24)50-43-33)13-9-22-7-8-26(38)25(18-37)32(22)36/h7-8,10,15,17,19,21,23,29H,3-6,9,11-14,16,20,38H2,1-2H3/t21-,23-,29-,36-/m0/s1. The molecule has 4 atom stereocenters. The predicted octanol–water partition coefficient (Wildman–Crippen LogP) is 4.42. The first-order valence-corrected chi connectivity index (χ1v) is 17.5. The minimum atomic E-state index is -0.466. The summed E-state index contributed by atoms with van der Waals surface area (Å²) < 4.78 is 21.9. The highest BCUT2D eigenvalue weighted by Crippen LogP contribution is 2.54. The number of aryl methyl sites for hydroxylation is 1. The third-order valence-electron chi connectivity index (χ3n) is 11.2. The molecule has 2 aliphatic carbocycles. The van der Waals surface area contributed by atoms with Gasteiger partial charge in [0.15, 0.2) is 23.1 Å². The van der Waals surface area contributed by atoms with Crippen LogP contribution in [-0.2, 0) is 23.0 Å². The molecule has 5 aromatic rings. The van der Waals surface area contributed by atoms with Gasteiger partial charge in [-0.15, -0.1) is 5.10 Å². The number of rotatable bonds is 7. The molecule has 6 heterocycles. The fourth-order valence-corrected chi connectivity index (χ4v) is 8.65. The van der Waals surface area contributed by atoms with E-state index < -0.39 is 5.41 Å². The zero-order chi connectivity index (χ0) is 34.0. The zero-order valence-electron chi connectivity index (χ0n) is 28.2. The Morgan fingerprint density at radius 3 is 2.86 bits per heavy atom. The lowest BCUT2D eigenvalue weighted by Gasteiger charge is -2.33. The molecule has 4 aliphatic rings. The van der Waals surface area contributed by atoms with Crippen molar-refractivity contribution in [1.29, 1.82) is 5.26 Å². The minimum absolute atomic E-state index is 0.0970. The van der Waals surface area contributed by atoms with E-state index in [9.17, 15) is 5.26 Å². The lowest BCUT2D eigenvalue weighted by Crippen LogP contribution is -2.38. The van der Waals surface area contributed by atoms with Gasteiger partial charge in [-0.1, -0.05) is 16.4 Å². The van der Waals surface area contributed by atoms with Crippen LogP contribution in [0.25, 0.3) is 28.7 Å². The summed E-state index contributed by atoms with van der Waals surface area (Å²) in [5.74, 6) is 2.17. The lowest BCUT2D eigenvalue weighted by molar-refractivity contribution is 0.117. The molecule has 9 rings (SSSR count). The van der Waals surface area contributed by atoms with Gasteiger partial charge in [-0.3, -0.25) is 4.90 Å². The van der Waals surface area contributed by atoms with Gasteiger partial charge in [-0.25, -0.2) is 14.3 Å². The van der Waals surface area contributed by atoms with Gasteiger partial charge in [-0.2, -0.15) is 15.3 Å². The van der Waals surface area contributed by atoms with Crippen molar-refractivity contribution in [1.82, 2.24) is 44.8 Å². The Bertz CT molecular complexity index is 2120. The number of benzene rings is 1. The van der Waals surface area contributed by atoms with Gasteiger partial charge in [0.05, 0.1) is 29.8 Å². The number of likely N-dealkylation sites (N-methyl/N-ethyl adjacent to an activating group) is 1. The number of nitrogen functional groups attached to an aromatic ring is 1. The third kappa shape index (κ3) is 4.98. The van der Waals surface area contributed by atoms with Crippen molar-refractivity contribution < 1.29 is 14.0 Å². The molecule has 0 unspecified atom stereocenters. The average molecular weight is 674 g/mol. The molecular weight excluding hydrogens is 634 g/mol. The van der Waals surface area contributed by atoms with Gasteiger partial charge >= 0.3 is 0 Å². The second-order valence-corrected chi connectivity index (χ2v) is 14.1. The molecule has 0 amide bonds. The first-order chi connectivity index (χ1) is 24.4. The van der Waals surface area contributed by atoms with Crippen molar-refractivity contribution in [3.8, 4) is 40.7 Å². The number of nitrogens with two attached hydrogens (primary N) is 1. The summed E-state index contributed by atoms with van der Waals surface area (Å²) >= 11 is 0. The number of anilines is 1. The molecule has 14 heteroatoms. The van der Waals surface area contributed by atoms with E-state index >= 15 is 0 Å². The van der Waals surface area contributed by atoms with Crippen molar-refractivity contribution in [2.24, 2.45) is 0 Å². The number of likely N-dealkylation sites (tertiary alicyclic amines) is 1. The summed E-state index contributed by atoms with van der Waals surface area (Å²) in [4.78, 5) is 12.3. The van der Waals surface area contributed by atoms with Crippen molar-refractivity contribution in [3.63, 3.8) is 0 Å². The number of ether oxygens (including phenoxy) is 2. The quantitative estimate of drug-likeness (QED) is 0.242. The number of nitrogens with zero attached hydrogens (tertiary/aromatic N) is 10. The van der Waals surface area contributed by atoms with Crippen LogP contribution in [0.4, 0.5) is 5.69 Å². The Kier molecular flexibility index (Phi) is 7.43. The van der Waals surface area contributed by atoms with Crippen LogP contribution in [0.1, 0.15) is 79.5 Å². The molecule has 4 aromatic heterocycles. The number of hydrogen-bond acceptors (Lipinski definition) is 12. The van der Waals surface area contributed by atoms with Crippen LogP contribution in [0.3, 0.4) is 0 Å². The van der Waals surface area contributed by atoms with Crippen molar-refractivity contribution >= 4 is 5.69 Å². The van der Waals surface area contributed by atoms with Crippen LogP contribution in [0, 0.1) is 11.3 Å². The van der Waals surface area contributed by atoms with Crippen LogP contribution in [0.2, 0.25) is 0 Å².